The first-order valence-electron chi connectivity index (χ1n) is 8.01. The van der Waals surface area contributed by atoms with E-state index in [-0.39, 0.29) is 6.04 Å². The lowest BCUT2D eigenvalue weighted by Crippen LogP contribution is -2.37. The molecule has 0 aliphatic heterocycles. The summed E-state index contributed by atoms with van der Waals surface area (Å²) in [5.74, 6) is 0.646. The monoisotopic (exact) mass is 277 g/mol. The van der Waals surface area contributed by atoms with E-state index >= 15 is 0 Å². The number of aromatic nitrogens is 1. The van der Waals surface area contributed by atoms with Gasteiger partial charge in [-0.1, -0.05) is 34.6 Å². The standard InChI is InChI=1S/C17H31N3/c1-6-14(7-2)20(12-13(4)5)15-9-10-17(19-11-15)16(18)8-3/h9-11,13-14,16H,6-8,12,18H2,1-5H3. The summed E-state index contributed by atoms with van der Waals surface area (Å²) in [6.45, 7) is 12.2. The molecule has 3 nitrogen and oxygen atoms in total. The third kappa shape index (κ3) is 4.48. The van der Waals surface area contributed by atoms with Gasteiger partial charge in [0.1, 0.15) is 0 Å². The van der Waals surface area contributed by atoms with Crippen molar-refractivity contribution in [1.82, 2.24) is 4.98 Å². The molecule has 1 heterocycles. The summed E-state index contributed by atoms with van der Waals surface area (Å²) in [5.41, 5.74) is 8.25. The van der Waals surface area contributed by atoms with Gasteiger partial charge >= 0.3 is 0 Å². The highest BCUT2D eigenvalue weighted by Crippen LogP contribution is 2.23. The summed E-state index contributed by atoms with van der Waals surface area (Å²) >= 11 is 0. The third-order valence-electron chi connectivity index (χ3n) is 3.87. The predicted octanol–water partition coefficient (Wildman–Crippen LogP) is 4.14. The second-order valence-electron chi connectivity index (χ2n) is 5.97. The minimum absolute atomic E-state index is 0.0516. The van der Waals surface area contributed by atoms with Crippen LogP contribution in [0.15, 0.2) is 18.3 Å². The van der Waals surface area contributed by atoms with Crippen molar-refractivity contribution in [2.75, 3.05) is 11.4 Å². The first-order chi connectivity index (χ1) is 9.53. The number of nitrogens with two attached hydrogens (primary N) is 1. The number of anilines is 1. The van der Waals surface area contributed by atoms with Crippen LogP contribution in [0.2, 0.25) is 0 Å². The van der Waals surface area contributed by atoms with E-state index in [2.05, 4.69) is 56.6 Å². The molecule has 1 rings (SSSR count). The Balaban J connectivity index is 2.95. The van der Waals surface area contributed by atoms with Gasteiger partial charge in [0.05, 0.1) is 17.6 Å². The van der Waals surface area contributed by atoms with Gasteiger partial charge in [-0.25, -0.2) is 0 Å². The Hall–Kier alpha value is -1.09. The highest BCUT2D eigenvalue weighted by Gasteiger charge is 2.17. The van der Waals surface area contributed by atoms with Gasteiger partial charge in [-0.3, -0.25) is 4.98 Å². The number of hydrogen-bond donors (Lipinski definition) is 1. The van der Waals surface area contributed by atoms with Gasteiger partial charge in [0.25, 0.3) is 0 Å². The molecule has 2 N–H and O–H groups in total. The minimum Gasteiger partial charge on any atom is -0.367 e. The van der Waals surface area contributed by atoms with Crippen molar-refractivity contribution in [3.8, 4) is 0 Å². The van der Waals surface area contributed by atoms with Gasteiger partial charge in [-0.05, 0) is 37.3 Å². The van der Waals surface area contributed by atoms with E-state index in [4.69, 9.17) is 5.73 Å². The summed E-state index contributed by atoms with van der Waals surface area (Å²) in [5, 5.41) is 0. The van der Waals surface area contributed by atoms with E-state index in [1.807, 2.05) is 6.20 Å². The van der Waals surface area contributed by atoms with E-state index in [0.717, 1.165) is 18.7 Å². The molecule has 0 spiro atoms. The molecule has 0 radical (unpaired) electrons. The van der Waals surface area contributed by atoms with Crippen LogP contribution in [0.4, 0.5) is 5.69 Å². The fourth-order valence-corrected chi connectivity index (χ4v) is 2.58. The molecule has 0 aliphatic rings. The molecule has 0 aromatic carbocycles. The first-order valence-corrected chi connectivity index (χ1v) is 8.01. The lowest BCUT2D eigenvalue weighted by Gasteiger charge is -2.34. The second kappa shape index (κ2) is 8.25. The fraction of sp³-hybridized carbons (Fsp3) is 0.706. The van der Waals surface area contributed by atoms with Crippen LogP contribution >= 0.6 is 0 Å². The van der Waals surface area contributed by atoms with Crippen molar-refractivity contribution >= 4 is 5.69 Å². The average Bonchev–Trinajstić information content (AvgIpc) is 2.46. The molecular formula is C17H31N3. The molecule has 0 fully saturated rings. The molecular weight excluding hydrogens is 246 g/mol. The highest BCUT2D eigenvalue weighted by molar-refractivity contribution is 5.46. The number of rotatable bonds is 8. The average molecular weight is 277 g/mol. The molecule has 1 aromatic heterocycles. The molecule has 3 heteroatoms. The van der Waals surface area contributed by atoms with Crippen molar-refractivity contribution < 1.29 is 0 Å². The Morgan fingerprint density at radius 1 is 1.10 bits per heavy atom. The second-order valence-corrected chi connectivity index (χ2v) is 5.97. The van der Waals surface area contributed by atoms with Crippen LogP contribution in [0, 0.1) is 5.92 Å². The lowest BCUT2D eigenvalue weighted by atomic mass is 10.1. The van der Waals surface area contributed by atoms with Gasteiger partial charge < -0.3 is 10.6 Å². The Bertz CT molecular complexity index is 368. The maximum absolute atomic E-state index is 6.04. The Morgan fingerprint density at radius 3 is 2.15 bits per heavy atom. The Morgan fingerprint density at radius 2 is 1.75 bits per heavy atom. The SMILES string of the molecule is CCC(N)c1ccc(N(CC(C)C)C(CC)CC)cn1. The van der Waals surface area contributed by atoms with Crippen LogP contribution in [-0.4, -0.2) is 17.6 Å². The summed E-state index contributed by atoms with van der Waals surface area (Å²) in [7, 11) is 0. The van der Waals surface area contributed by atoms with Crippen LogP contribution in [0.25, 0.3) is 0 Å². The number of nitrogens with zero attached hydrogens (tertiary/aromatic N) is 2. The third-order valence-corrected chi connectivity index (χ3v) is 3.87. The summed E-state index contributed by atoms with van der Waals surface area (Å²) in [6.07, 6.45) is 5.25. The molecule has 1 atom stereocenters. The molecule has 20 heavy (non-hydrogen) atoms. The molecule has 0 saturated heterocycles. The maximum Gasteiger partial charge on any atom is 0.0572 e. The lowest BCUT2D eigenvalue weighted by molar-refractivity contribution is 0.507. The smallest absolute Gasteiger partial charge is 0.0572 e. The van der Waals surface area contributed by atoms with Crippen LogP contribution < -0.4 is 10.6 Å². The predicted molar refractivity (Wildman–Crippen MR) is 88.0 cm³/mol. The zero-order chi connectivity index (χ0) is 15.1. The summed E-state index contributed by atoms with van der Waals surface area (Å²) in [6, 6.07) is 4.90. The highest BCUT2D eigenvalue weighted by atomic mass is 15.2. The largest absolute Gasteiger partial charge is 0.367 e. The van der Waals surface area contributed by atoms with Gasteiger partial charge in [-0.15, -0.1) is 0 Å². The summed E-state index contributed by atoms with van der Waals surface area (Å²) < 4.78 is 0. The summed E-state index contributed by atoms with van der Waals surface area (Å²) in [4.78, 5) is 7.06. The van der Waals surface area contributed by atoms with E-state index in [1.54, 1.807) is 0 Å². The first kappa shape index (κ1) is 17.0. The minimum atomic E-state index is 0.0516. The van der Waals surface area contributed by atoms with E-state index in [9.17, 15) is 0 Å². The van der Waals surface area contributed by atoms with Gasteiger partial charge in [0.2, 0.25) is 0 Å². The van der Waals surface area contributed by atoms with Crippen LogP contribution in [-0.2, 0) is 0 Å². The quantitative estimate of drug-likeness (QED) is 0.776. The van der Waals surface area contributed by atoms with Crippen molar-refractivity contribution in [3.63, 3.8) is 0 Å². The van der Waals surface area contributed by atoms with Crippen LogP contribution in [0.5, 0.6) is 0 Å². The Labute approximate surface area is 124 Å². The van der Waals surface area contributed by atoms with Crippen molar-refractivity contribution in [1.29, 1.82) is 0 Å². The molecule has 0 bridgehead atoms. The molecule has 1 aromatic rings. The van der Waals surface area contributed by atoms with Crippen LogP contribution in [0.3, 0.4) is 0 Å². The van der Waals surface area contributed by atoms with E-state index in [0.29, 0.717) is 12.0 Å². The molecule has 114 valence electrons. The maximum atomic E-state index is 6.04. The number of hydrogen-bond acceptors (Lipinski definition) is 3. The molecule has 0 saturated carbocycles. The van der Waals surface area contributed by atoms with Gasteiger partial charge in [0.15, 0.2) is 0 Å². The van der Waals surface area contributed by atoms with Crippen molar-refractivity contribution in [2.24, 2.45) is 11.7 Å². The van der Waals surface area contributed by atoms with Gasteiger partial charge in [-0.2, -0.15) is 0 Å². The Kier molecular flexibility index (Phi) is 7.00. The van der Waals surface area contributed by atoms with E-state index in [1.165, 1.54) is 18.5 Å². The fourth-order valence-electron chi connectivity index (χ4n) is 2.58. The molecule has 0 aliphatic carbocycles. The normalized spacial score (nSPS) is 13.0. The molecule has 1 unspecified atom stereocenters. The van der Waals surface area contributed by atoms with E-state index < -0.39 is 0 Å². The van der Waals surface area contributed by atoms with Crippen molar-refractivity contribution in [2.45, 2.75) is 66.0 Å². The van der Waals surface area contributed by atoms with Gasteiger partial charge in [0, 0.05) is 18.6 Å². The molecule has 0 amide bonds. The zero-order valence-electron chi connectivity index (χ0n) is 13.8. The van der Waals surface area contributed by atoms with Crippen molar-refractivity contribution in [3.05, 3.63) is 24.0 Å². The topological polar surface area (TPSA) is 42.1 Å². The van der Waals surface area contributed by atoms with Crippen LogP contribution in [0.1, 0.15) is 65.6 Å². The zero-order valence-corrected chi connectivity index (χ0v) is 13.8. The number of pyridine rings is 1.